The summed E-state index contributed by atoms with van der Waals surface area (Å²) in [6, 6.07) is 7.04. The average Bonchev–Trinajstić information content (AvgIpc) is 3.30. The van der Waals surface area contributed by atoms with E-state index >= 15 is 0 Å². The molecule has 1 aliphatic carbocycles. The Bertz CT molecular complexity index is 1360. The van der Waals surface area contributed by atoms with Crippen LogP contribution in [0.5, 0.6) is 0 Å². The first kappa shape index (κ1) is 27.7. The predicted molar refractivity (Wildman–Crippen MR) is 144 cm³/mol. The van der Waals surface area contributed by atoms with Crippen LogP contribution in [0, 0.1) is 0 Å². The first-order valence-electron chi connectivity index (χ1n) is 12.6. The Morgan fingerprint density at radius 3 is 2.76 bits per heavy atom. The van der Waals surface area contributed by atoms with Crippen LogP contribution in [0.4, 0.5) is 5.82 Å². The third-order valence-corrected chi connectivity index (χ3v) is 7.59. The smallest absolute Gasteiger partial charge is 0.364 e. The molecule has 12 nitrogen and oxygen atoms in total. The van der Waals surface area contributed by atoms with E-state index in [2.05, 4.69) is 31.3 Å². The van der Waals surface area contributed by atoms with Crippen LogP contribution in [0.1, 0.15) is 51.7 Å². The second kappa shape index (κ2) is 12.0. The molecule has 13 heteroatoms. The molecule has 2 heterocycles. The van der Waals surface area contributed by atoms with Gasteiger partial charge >= 0.3 is 13.5 Å². The third kappa shape index (κ3) is 6.75. The number of nitrogens with two attached hydrogens (primary N) is 1. The maximum absolute atomic E-state index is 13.9. The highest BCUT2D eigenvalue weighted by atomic mass is 31.2. The number of hydrogen-bond acceptors (Lipinski definition) is 10. The number of aromatic nitrogens is 4. The molecule has 3 aromatic rings. The maximum Gasteiger partial charge on any atom is 0.364 e. The molecule has 0 saturated carbocycles. The SMILES string of the molecule is CC(C)OC(=O)[C@H](C)NP(=O)(CO[C@H](C)Cn1cnc2c(N)ncnc21)O/N=C1\CCCc2ccccc21. The van der Waals surface area contributed by atoms with Gasteiger partial charge in [0.25, 0.3) is 0 Å². The molecule has 0 fully saturated rings. The number of oxime groups is 1. The Morgan fingerprint density at radius 1 is 1.18 bits per heavy atom. The van der Waals surface area contributed by atoms with E-state index in [1.165, 1.54) is 11.9 Å². The number of aryl methyl sites for hydroxylation is 1. The van der Waals surface area contributed by atoms with Gasteiger partial charge in [-0.15, -0.1) is 0 Å². The Morgan fingerprint density at radius 2 is 1.97 bits per heavy atom. The highest BCUT2D eigenvalue weighted by Gasteiger charge is 2.32. The highest BCUT2D eigenvalue weighted by Crippen LogP contribution is 2.44. The second-order valence-electron chi connectivity index (χ2n) is 9.57. The minimum absolute atomic E-state index is 0.287. The average molecular weight is 544 g/mol. The molecule has 204 valence electrons. The molecule has 2 aromatic heterocycles. The Balaban J connectivity index is 1.49. The number of carbonyl (C=O) groups is 1. The Labute approximate surface area is 221 Å². The number of esters is 1. The first-order chi connectivity index (χ1) is 18.1. The van der Waals surface area contributed by atoms with Crippen molar-refractivity contribution in [2.75, 3.05) is 12.1 Å². The molecule has 0 amide bonds. The van der Waals surface area contributed by atoms with Gasteiger partial charge in [-0.25, -0.2) is 20.0 Å². The Kier molecular flexibility index (Phi) is 8.76. The number of imidazole rings is 1. The van der Waals surface area contributed by atoms with Gasteiger partial charge in [-0.05, 0) is 52.5 Å². The van der Waals surface area contributed by atoms with E-state index in [9.17, 15) is 9.36 Å². The number of hydrogen-bond donors (Lipinski definition) is 2. The number of rotatable bonds is 11. The van der Waals surface area contributed by atoms with Crippen molar-refractivity contribution in [1.82, 2.24) is 24.6 Å². The van der Waals surface area contributed by atoms with E-state index in [-0.39, 0.29) is 18.3 Å². The quantitative estimate of drug-likeness (QED) is 0.208. The molecule has 3 atom stereocenters. The molecule has 1 aromatic carbocycles. The number of ether oxygens (including phenoxy) is 2. The number of anilines is 1. The summed E-state index contributed by atoms with van der Waals surface area (Å²) in [5.41, 5.74) is 9.78. The van der Waals surface area contributed by atoms with Gasteiger partial charge < -0.3 is 24.4 Å². The summed E-state index contributed by atoms with van der Waals surface area (Å²) in [5, 5.41) is 7.07. The van der Waals surface area contributed by atoms with Gasteiger partial charge in [0, 0.05) is 5.56 Å². The molecule has 0 spiro atoms. The van der Waals surface area contributed by atoms with Crippen LogP contribution in [-0.2, 0) is 36.4 Å². The second-order valence-corrected chi connectivity index (χ2v) is 11.6. The number of fused-ring (bicyclic) bond motifs is 2. The van der Waals surface area contributed by atoms with E-state index in [0.717, 1.165) is 18.4 Å². The van der Waals surface area contributed by atoms with Crippen molar-refractivity contribution in [2.45, 2.75) is 71.8 Å². The fraction of sp³-hybridized carbons (Fsp3) is 0.480. The molecule has 38 heavy (non-hydrogen) atoms. The molecule has 0 radical (unpaired) electrons. The number of carbonyl (C=O) groups excluding carboxylic acids is 1. The van der Waals surface area contributed by atoms with E-state index in [1.807, 2.05) is 25.1 Å². The van der Waals surface area contributed by atoms with Crippen molar-refractivity contribution in [3.8, 4) is 0 Å². The van der Waals surface area contributed by atoms with Crippen LogP contribution < -0.4 is 10.8 Å². The standard InChI is InChI=1S/C25H34N7O5P/c1-16(2)36-25(33)18(4)31-38(34,37-30-21-11-7-9-19-8-5-6-10-20(19)21)15-35-17(3)12-32-14-29-22-23(26)27-13-28-24(22)32/h5-6,8,10,13-14,16-18H,7,9,11-12,15H2,1-4H3,(H,31,34)(H2,26,27,28)/b30-21+/t17-,18+,38?/m1/s1. The normalized spacial score (nSPS) is 17.7. The summed E-state index contributed by atoms with van der Waals surface area (Å²) < 4.78 is 32.5. The number of nitrogens with zero attached hydrogens (tertiary/aromatic N) is 5. The van der Waals surface area contributed by atoms with Gasteiger partial charge in [-0.3, -0.25) is 9.36 Å². The molecular formula is C25H34N7O5P. The minimum Gasteiger partial charge on any atom is -0.462 e. The number of nitrogens with one attached hydrogen (secondary N) is 1. The van der Waals surface area contributed by atoms with Crippen molar-refractivity contribution < 1.29 is 23.5 Å². The molecule has 0 saturated heterocycles. The van der Waals surface area contributed by atoms with Gasteiger partial charge in [-0.2, -0.15) is 0 Å². The van der Waals surface area contributed by atoms with E-state index in [0.29, 0.717) is 29.8 Å². The van der Waals surface area contributed by atoms with Crippen LogP contribution in [0.3, 0.4) is 0 Å². The van der Waals surface area contributed by atoms with Crippen LogP contribution in [0.25, 0.3) is 11.2 Å². The van der Waals surface area contributed by atoms with Crippen molar-refractivity contribution in [1.29, 1.82) is 0 Å². The van der Waals surface area contributed by atoms with Gasteiger partial charge in [0.1, 0.15) is 24.2 Å². The van der Waals surface area contributed by atoms with Crippen LogP contribution in [-0.4, -0.2) is 55.8 Å². The highest BCUT2D eigenvalue weighted by molar-refractivity contribution is 7.56. The molecule has 1 unspecified atom stereocenters. The largest absolute Gasteiger partial charge is 0.462 e. The zero-order valence-electron chi connectivity index (χ0n) is 22.0. The minimum atomic E-state index is -3.78. The van der Waals surface area contributed by atoms with Crippen LogP contribution >= 0.6 is 7.52 Å². The molecule has 0 bridgehead atoms. The van der Waals surface area contributed by atoms with E-state index in [1.54, 1.807) is 31.7 Å². The zero-order valence-corrected chi connectivity index (χ0v) is 22.9. The predicted octanol–water partition coefficient (Wildman–Crippen LogP) is 3.65. The monoisotopic (exact) mass is 543 g/mol. The topological polar surface area (TPSA) is 156 Å². The van der Waals surface area contributed by atoms with Gasteiger partial charge in [-0.1, -0.05) is 29.4 Å². The van der Waals surface area contributed by atoms with Crippen molar-refractivity contribution in [3.63, 3.8) is 0 Å². The fourth-order valence-electron chi connectivity index (χ4n) is 4.16. The summed E-state index contributed by atoms with van der Waals surface area (Å²) in [6.07, 6.45) is 4.47. The number of nitrogen functional groups attached to an aromatic ring is 1. The van der Waals surface area contributed by atoms with Crippen molar-refractivity contribution >= 4 is 36.2 Å². The lowest BCUT2D eigenvalue weighted by molar-refractivity contribution is -0.149. The summed E-state index contributed by atoms with van der Waals surface area (Å²) >= 11 is 0. The first-order valence-corrected chi connectivity index (χ1v) is 14.4. The maximum atomic E-state index is 13.9. The molecule has 1 aliphatic rings. The van der Waals surface area contributed by atoms with Gasteiger partial charge in [0.05, 0.1) is 30.8 Å². The van der Waals surface area contributed by atoms with Crippen molar-refractivity contribution in [3.05, 3.63) is 48.0 Å². The van der Waals surface area contributed by atoms with Crippen LogP contribution in [0.15, 0.2) is 42.1 Å². The third-order valence-electron chi connectivity index (χ3n) is 5.98. The van der Waals surface area contributed by atoms with Crippen molar-refractivity contribution in [2.24, 2.45) is 5.16 Å². The zero-order chi connectivity index (χ0) is 27.3. The molecule has 4 rings (SSSR count). The molecule has 0 aliphatic heterocycles. The fourth-order valence-corrected chi connectivity index (χ4v) is 5.71. The molecule has 3 N–H and O–H groups in total. The summed E-state index contributed by atoms with van der Waals surface area (Å²) in [5.74, 6) is -0.259. The lowest BCUT2D eigenvalue weighted by Gasteiger charge is -2.24. The van der Waals surface area contributed by atoms with Crippen LogP contribution in [0.2, 0.25) is 0 Å². The van der Waals surface area contributed by atoms with Gasteiger partial charge in [0.2, 0.25) is 0 Å². The summed E-state index contributed by atoms with van der Waals surface area (Å²) in [6.45, 7) is 7.24. The number of benzene rings is 1. The van der Waals surface area contributed by atoms with E-state index in [4.69, 9.17) is 19.8 Å². The Hall–Kier alpha value is -3.34. The lowest BCUT2D eigenvalue weighted by Crippen LogP contribution is -2.36. The summed E-state index contributed by atoms with van der Waals surface area (Å²) in [4.78, 5) is 24.9. The summed E-state index contributed by atoms with van der Waals surface area (Å²) in [7, 11) is -3.78. The lowest BCUT2D eigenvalue weighted by atomic mass is 9.90. The van der Waals surface area contributed by atoms with Gasteiger partial charge in [0.15, 0.2) is 11.5 Å². The molecular weight excluding hydrogens is 509 g/mol. The van der Waals surface area contributed by atoms with E-state index < -0.39 is 25.6 Å².